The number of rotatable bonds is 2. The lowest BCUT2D eigenvalue weighted by atomic mass is 10.1. The van der Waals surface area contributed by atoms with Crippen molar-refractivity contribution in [3.63, 3.8) is 0 Å². The Morgan fingerprint density at radius 2 is 1.93 bits per heavy atom. The topological polar surface area (TPSA) is 32.3 Å². The Morgan fingerprint density at radius 3 is 2.47 bits per heavy atom. The van der Waals surface area contributed by atoms with E-state index in [0.717, 1.165) is 19.5 Å². The molecule has 88 valence electrons. The van der Waals surface area contributed by atoms with Crippen LogP contribution >= 0.6 is 12.4 Å². The number of carbonyl (C=O) groups excluding carboxylic acids is 1. The number of nitrogens with one attached hydrogen (secondary N) is 1. The maximum absolute atomic E-state index is 12.0. The summed E-state index contributed by atoms with van der Waals surface area (Å²) < 4.78 is 0. The molecule has 1 amide bonds. The highest BCUT2D eigenvalue weighted by molar-refractivity contribution is 5.85. The van der Waals surface area contributed by atoms with Crippen molar-refractivity contribution in [2.45, 2.75) is 38.1 Å². The molecule has 2 rings (SSSR count). The third-order valence-corrected chi connectivity index (χ3v) is 3.63. The van der Waals surface area contributed by atoms with Crippen LogP contribution in [0.3, 0.4) is 0 Å². The monoisotopic (exact) mass is 232 g/mol. The van der Waals surface area contributed by atoms with Gasteiger partial charge in [0.1, 0.15) is 0 Å². The SMILES string of the molecule is CN(C(=O)[C@@H]1CCNC1)C1CCCC1.Cl. The Morgan fingerprint density at radius 1 is 1.27 bits per heavy atom. The van der Waals surface area contributed by atoms with Gasteiger partial charge in [0.05, 0.1) is 5.92 Å². The van der Waals surface area contributed by atoms with Gasteiger partial charge in [0.15, 0.2) is 0 Å². The molecule has 2 fully saturated rings. The van der Waals surface area contributed by atoms with Gasteiger partial charge in [-0.15, -0.1) is 12.4 Å². The molecule has 0 aromatic rings. The van der Waals surface area contributed by atoms with Crippen molar-refractivity contribution in [3.05, 3.63) is 0 Å². The van der Waals surface area contributed by atoms with Crippen LogP contribution in [-0.2, 0) is 4.79 Å². The molecule has 15 heavy (non-hydrogen) atoms. The van der Waals surface area contributed by atoms with Crippen LogP contribution in [-0.4, -0.2) is 37.0 Å². The van der Waals surface area contributed by atoms with Crippen molar-refractivity contribution in [2.24, 2.45) is 5.92 Å². The Labute approximate surface area is 98.0 Å². The van der Waals surface area contributed by atoms with Crippen LogP contribution in [0.25, 0.3) is 0 Å². The van der Waals surface area contributed by atoms with E-state index in [1.807, 2.05) is 11.9 Å². The molecule has 1 aliphatic heterocycles. The van der Waals surface area contributed by atoms with Crippen LogP contribution in [0.4, 0.5) is 0 Å². The first-order chi connectivity index (χ1) is 6.79. The molecule has 0 aromatic heterocycles. The second-order valence-electron chi connectivity index (χ2n) is 4.58. The normalized spacial score (nSPS) is 26.3. The van der Waals surface area contributed by atoms with E-state index in [9.17, 15) is 4.79 Å². The molecule has 0 aromatic carbocycles. The Bertz CT molecular complexity index is 211. The summed E-state index contributed by atoms with van der Waals surface area (Å²) >= 11 is 0. The summed E-state index contributed by atoms with van der Waals surface area (Å²) in [5, 5.41) is 3.25. The molecule has 1 saturated heterocycles. The van der Waals surface area contributed by atoms with Gasteiger partial charge in [-0.25, -0.2) is 0 Å². The van der Waals surface area contributed by atoms with Crippen LogP contribution in [0.2, 0.25) is 0 Å². The molecule has 1 saturated carbocycles. The van der Waals surface area contributed by atoms with Crippen LogP contribution in [0.15, 0.2) is 0 Å². The summed E-state index contributed by atoms with van der Waals surface area (Å²) in [6.07, 6.45) is 6.04. The molecular weight excluding hydrogens is 212 g/mol. The molecule has 0 bridgehead atoms. The number of hydrogen-bond acceptors (Lipinski definition) is 2. The van der Waals surface area contributed by atoms with Crippen molar-refractivity contribution >= 4 is 18.3 Å². The number of hydrogen-bond donors (Lipinski definition) is 1. The van der Waals surface area contributed by atoms with E-state index < -0.39 is 0 Å². The van der Waals surface area contributed by atoms with Gasteiger partial charge < -0.3 is 10.2 Å². The zero-order valence-corrected chi connectivity index (χ0v) is 10.2. The van der Waals surface area contributed by atoms with Gasteiger partial charge in [-0.1, -0.05) is 12.8 Å². The second kappa shape index (κ2) is 5.71. The molecule has 0 unspecified atom stereocenters. The molecule has 0 spiro atoms. The molecule has 2 aliphatic rings. The second-order valence-corrected chi connectivity index (χ2v) is 4.58. The average molecular weight is 233 g/mol. The summed E-state index contributed by atoms with van der Waals surface area (Å²) in [6.45, 7) is 1.89. The predicted octanol–water partition coefficient (Wildman–Crippen LogP) is 1.42. The highest BCUT2D eigenvalue weighted by Gasteiger charge is 2.30. The zero-order valence-electron chi connectivity index (χ0n) is 9.37. The first kappa shape index (κ1) is 12.8. The standard InChI is InChI=1S/C11H20N2O.ClH/c1-13(10-4-2-3-5-10)11(14)9-6-7-12-8-9;/h9-10,12H,2-8H2,1H3;1H/t9-;/m1./s1. The smallest absolute Gasteiger partial charge is 0.227 e. The molecule has 3 nitrogen and oxygen atoms in total. The zero-order chi connectivity index (χ0) is 9.97. The van der Waals surface area contributed by atoms with E-state index >= 15 is 0 Å². The fraction of sp³-hybridized carbons (Fsp3) is 0.909. The number of nitrogens with zero attached hydrogens (tertiary/aromatic N) is 1. The fourth-order valence-electron chi connectivity index (χ4n) is 2.62. The van der Waals surface area contributed by atoms with Crippen LogP contribution < -0.4 is 5.32 Å². The third-order valence-electron chi connectivity index (χ3n) is 3.63. The summed E-state index contributed by atoms with van der Waals surface area (Å²) in [5.41, 5.74) is 0. The molecule has 1 heterocycles. The lowest BCUT2D eigenvalue weighted by Gasteiger charge is -2.26. The predicted molar refractivity (Wildman–Crippen MR) is 63.3 cm³/mol. The summed E-state index contributed by atoms with van der Waals surface area (Å²) in [6, 6.07) is 0.531. The third kappa shape index (κ3) is 2.85. The van der Waals surface area contributed by atoms with Crippen molar-refractivity contribution in [3.8, 4) is 0 Å². The van der Waals surface area contributed by atoms with E-state index in [1.54, 1.807) is 0 Å². The van der Waals surface area contributed by atoms with Gasteiger partial charge in [-0.05, 0) is 25.8 Å². The minimum Gasteiger partial charge on any atom is -0.342 e. The van der Waals surface area contributed by atoms with Gasteiger partial charge >= 0.3 is 0 Å². The largest absolute Gasteiger partial charge is 0.342 e. The minimum atomic E-state index is 0. The van der Waals surface area contributed by atoms with Gasteiger partial charge in [-0.2, -0.15) is 0 Å². The maximum Gasteiger partial charge on any atom is 0.227 e. The maximum atomic E-state index is 12.0. The van der Waals surface area contributed by atoms with Crippen molar-refractivity contribution in [1.82, 2.24) is 10.2 Å². The Kier molecular flexibility index (Phi) is 4.87. The Hall–Kier alpha value is -0.280. The molecule has 0 radical (unpaired) electrons. The van der Waals surface area contributed by atoms with Gasteiger partial charge in [-0.3, -0.25) is 4.79 Å². The quantitative estimate of drug-likeness (QED) is 0.781. The number of halogens is 1. The van der Waals surface area contributed by atoms with Crippen molar-refractivity contribution in [2.75, 3.05) is 20.1 Å². The van der Waals surface area contributed by atoms with Crippen LogP contribution in [0.1, 0.15) is 32.1 Å². The van der Waals surface area contributed by atoms with Gasteiger partial charge in [0.2, 0.25) is 5.91 Å². The van der Waals surface area contributed by atoms with Crippen molar-refractivity contribution in [1.29, 1.82) is 0 Å². The van der Waals surface area contributed by atoms with Gasteiger partial charge in [0, 0.05) is 19.6 Å². The van der Waals surface area contributed by atoms with Crippen LogP contribution in [0.5, 0.6) is 0 Å². The molecule has 1 atom stereocenters. The summed E-state index contributed by atoms with van der Waals surface area (Å²) in [5.74, 6) is 0.613. The first-order valence-corrected chi connectivity index (χ1v) is 5.76. The van der Waals surface area contributed by atoms with E-state index in [0.29, 0.717) is 11.9 Å². The summed E-state index contributed by atoms with van der Waals surface area (Å²) in [4.78, 5) is 14.0. The van der Waals surface area contributed by atoms with E-state index in [1.165, 1.54) is 25.7 Å². The summed E-state index contributed by atoms with van der Waals surface area (Å²) in [7, 11) is 1.98. The van der Waals surface area contributed by atoms with E-state index in [4.69, 9.17) is 0 Å². The molecule has 1 aliphatic carbocycles. The van der Waals surface area contributed by atoms with Crippen LogP contribution in [0, 0.1) is 5.92 Å². The number of carbonyl (C=O) groups is 1. The van der Waals surface area contributed by atoms with Gasteiger partial charge in [0.25, 0.3) is 0 Å². The highest BCUT2D eigenvalue weighted by Crippen LogP contribution is 2.24. The average Bonchev–Trinajstić information content (AvgIpc) is 2.87. The minimum absolute atomic E-state index is 0. The number of amides is 1. The van der Waals surface area contributed by atoms with Crippen molar-refractivity contribution < 1.29 is 4.79 Å². The van der Waals surface area contributed by atoms with E-state index in [2.05, 4.69) is 5.32 Å². The lowest BCUT2D eigenvalue weighted by molar-refractivity contribution is -0.135. The molecule has 4 heteroatoms. The Balaban J connectivity index is 0.00000112. The lowest BCUT2D eigenvalue weighted by Crippen LogP contribution is -2.40. The molecular formula is C11H21ClN2O. The molecule has 1 N–H and O–H groups in total. The first-order valence-electron chi connectivity index (χ1n) is 5.76. The fourth-order valence-corrected chi connectivity index (χ4v) is 2.62. The van der Waals surface area contributed by atoms with E-state index in [-0.39, 0.29) is 18.3 Å². The highest BCUT2D eigenvalue weighted by atomic mass is 35.5.